The lowest BCUT2D eigenvalue weighted by Gasteiger charge is -2.30. The van der Waals surface area contributed by atoms with Crippen LogP contribution < -0.4 is 16.0 Å². The Hall–Kier alpha value is -2.80. The van der Waals surface area contributed by atoms with Crippen LogP contribution in [0.15, 0.2) is 42.5 Å². The van der Waals surface area contributed by atoms with Crippen LogP contribution in [-0.4, -0.2) is 49.1 Å². The fraction of sp³-hybridized carbons (Fsp3) is 0.409. The fourth-order valence-corrected chi connectivity index (χ4v) is 3.51. The molecule has 1 fully saturated rings. The minimum absolute atomic E-state index is 0.185. The largest absolute Gasteiger partial charge is 0.354 e. The van der Waals surface area contributed by atoms with Gasteiger partial charge in [0, 0.05) is 44.2 Å². The average molecular weight is 398 g/mol. The molecular weight excluding hydrogens is 371 g/mol. The molecule has 0 aliphatic carbocycles. The van der Waals surface area contributed by atoms with Crippen LogP contribution >= 0.6 is 0 Å². The van der Waals surface area contributed by atoms with Crippen LogP contribution in [0.2, 0.25) is 0 Å². The highest BCUT2D eigenvalue weighted by molar-refractivity contribution is 5.98. The van der Waals surface area contributed by atoms with Crippen LogP contribution in [-0.2, 0) is 6.42 Å². The summed E-state index contributed by atoms with van der Waals surface area (Å²) in [6.07, 6.45) is 2.07. The Labute approximate surface area is 170 Å². The number of hydrogen-bond acceptors (Lipinski definition) is 4. The van der Waals surface area contributed by atoms with Crippen molar-refractivity contribution in [2.45, 2.75) is 31.4 Å². The lowest BCUT2D eigenvalue weighted by Crippen LogP contribution is -2.44. The summed E-state index contributed by atoms with van der Waals surface area (Å²) in [5.74, 6) is -0.691. The maximum Gasteiger partial charge on any atom is 0.269 e. The van der Waals surface area contributed by atoms with Gasteiger partial charge in [-0.1, -0.05) is 30.3 Å². The van der Waals surface area contributed by atoms with Gasteiger partial charge in [-0.15, -0.1) is 0 Å². The zero-order chi connectivity index (χ0) is 20.7. The van der Waals surface area contributed by atoms with Gasteiger partial charge in [0.1, 0.15) is 11.4 Å². The molecule has 2 amide bonds. The number of amides is 2. The quantitative estimate of drug-likeness (QED) is 0.668. The van der Waals surface area contributed by atoms with Crippen molar-refractivity contribution in [3.05, 3.63) is 65.0 Å². The number of hydrogen-bond donors (Lipinski definition) is 3. The van der Waals surface area contributed by atoms with E-state index in [0.29, 0.717) is 30.6 Å². The number of alkyl halides is 1. The van der Waals surface area contributed by atoms with Crippen molar-refractivity contribution >= 4 is 11.8 Å². The van der Waals surface area contributed by atoms with E-state index >= 15 is 0 Å². The number of piperidine rings is 1. The van der Waals surface area contributed by atoms with Crippen molar-refractivity contribution in [1.29, 1.82) is 0 Å². The van der Waals surface area contributed by atoms with Crippen LogP contribution in [0, 0.1) is 0 Å². The molecular formula is C22H27FN4O2. The molecule has 1 unspecified atom stereocenters. The number of carbonyl (C=O) groups is 2. The molecule has 0 saturated carbocycles. The van der Waals surface area contributed by atoms with Gasteiger partial charge < -0.3 is 16.0 Å². The predicted octanol–water partition coefficient (Wildman–Crippen LogP) is 2.24. The second kappa shape index (κ2) is 9.60. The molecule has 1 aromatic heterocycles. The molecule has 1 saturated heterocycles. The smallest absolute Gasteiger partial charge is 0.269 e. The number of benzene rings is 1. The Morgan fingerprint density at radius 1 is 1.21 bits per heavy atom. The third kappa shape index (κ3) is 5.84. The molecule has 2 aromatic rings. The first kappa shape index (κ1) is 20.9. The summed E-state index contributed by atoms with van der Waals surface area (Å²) in [6.45, 7) is 1.39. The standard InChI is InChI=1S/C22H27FN4O2/c1-24-21(29)19-14-17(13-18(27-19)12-16-6-3-2-4-7-16)20(28)26-11-9-22(23)8-5-10-25-15-22/h2-4,6-7,13-14,25H,5,8-12,15H2,1H3,(H,24,29)(H,26,28). The SMILES string of the molecule is CNC(=O)c1cc(C(=O)NCCC2(F)CCCNC2)cc(Cc2ccccc2)n1. The minimum atomic E-state index is -1.28. The Balaban J connectivity index is 1.71. The van der Waals surface area contributed by atoms with E-state index in [2.05, 4.69) is 20.9 Å². The maximum absolute atomic E-state index is 14.7. The Bertz CT molecular complexity index is 851. The first-order chi connectivity index (χ1) is 14.0. The Morgan fingerprint density at radius 2 is 2.00 bits per heavy atom. The molecule has 0 spiro atoms. The highest BCUT2D eigenvalue weighted by Gasteiger charge is 2.31. The van der Waals surface area contributed by atoms with Crippen LogP contribution in [0.4, 0.5) is 4.39 Å². The molecule has 3 rings (SSSR count). The molecule has 3 N–H and O–H groups in total. The highest BCUT2D eigenvalue weighted by Crippen LogP contribution is 2.24. The normalized spacial score (nSPS) is 18.8. The van der Waals surface area contributed by atoms with Crippen LogP contribution in [0.1, 0.15) is 51.4 Å². The maximum atomic E-state index is 14.7. The molecule has 6 nitrogen and oxygen atoms in total. The molecule has 1 aromatic carbocycles. The molecule has 1 aliphatic rings. The summed E-state index contributed by atoms with van der Waals surface area (Å²) in [5.41, 5.74) is 0.907. The second-order valence-corrected chi connectivity index (χ2v) is 7.41. The van der Waals surface area contributed by atoms with Gasteiger partial charge in [-0.25, -0.2) is 9.37 Å². The van der Waals surface area contributed by atoms with Crippen molar-refractivity contribution in [3.8, 4) is 0 Å². The van der Waals surface area contributed by atoms with Gasteiger partial charge in [0.2, 0.25) is 0 Å². The molecule has 154 valence electrons. The molecule has 0 radical (unpaired) electrons. The second-order valence-electron chi connectivity index (χ2n) is 7.41. The first-order valence-electron chi connectivity index (χ1n) is 9.94. The number of carbonyl (C=O) groups excluding carboxylic acids is 2. The molecule has 1 atom stereocenters. The molecule has 2 heterocycles. The van der Waals surface area contributed by atoms with E-state index in [4.69, 9.17) is 0 Å². The monoisotopic (exact) mass is 398 g/mol. The van der Waals surface area contributed by atoms with Crippen molar-refractivity contribution in [3.63, 3.8) is 0 Å². The van der Waals surface area contributed by atoms with Crippen molar-refractivity contribution < 1.29 is 14.0 Å². The average Bonchev–Trinajstić information content (AvgIpc) is 2.74. The molecule has 29 heavy (non-hydrogen) atoms. The summed E-state index contributed by atoms with van der Waals surface area (Å²) >= 11 is 0. The minimum Gasteiger partial charge on any atom is -0.354 e. The molecule has 7 heteroatoms. The zero-order valence-corrected chi connectivity index (χ0v) is 16.6. The number of nitrogens with one attached hydrogen (secondary N) is 3. The summed E-state index contributed by atoms with van der Waals surface area (Å²) in [5, 5.41) is 8.38. The number of halogens is 1. The van der Waals surface area contributed by atoms with Crippen molar-refractivity contribution in [2.75, 3.05) is 26.7 Å². The summed E-state index contributed by atoms with van der Waals surface area (Å²) in [6, 6.07) is 12.9. The van der Waals surface area contributed by atoms with Gasteiger partial charge in [0.25, 0.3) is 11.8 Å². The van der Waals surface area contributed by atoms with Gasteiger partial charge >= 0.3 is 0 Å². The van der Waals surface area contributed by atoms with Gasteiger partial charge in [0.15, 0.2) is 0 Å². The number of aromatic nitrogens is 1. The van der Waals surface area contributed by atoms with E-state index in [1.807, 2.05) is 30.3 Å². The van der Waals surface area contributed by atoms with Gasteiger partial charge in [-0.3, -0.25) is 9.59 Å². The van der Waals surface area contributed by atoms with E-state index < -0.39 is 5.67 Å². The van der Waals surface area contributed by atoms with E-state index in [9.17, 15) is 14.0 Å². The molecule has 0 bridgehead atoms. The van der Waals surface area contributed by atoms with Gasteiger partial charge in [-0.2, -0.15) is 0 Å². The predicted molar refractivity (Wildman–Crippen MR) is 110 cm³/mol. The van der Waals surface area contributed by atoms with Crippen molar-refractivity contribution in [2.24, 2.45) is 0 Å². The zero-order valence-electron chi connectivity index (χ0n) is 16.6. The fourth-order valence-electron chi connectivity index (χ4n) is 3.51. The number of rotatable bonds is 7. The van der Waals surface area contributed by atoms with E-state index in [1.54, 1.807) is 6.07 Å². The summed E-state index contributed by atoms with van der Waals surface area (Å²) in [7, 11) is 1.52. The Kier molecular flexibility index (Phi) is 6.93. The van der Waals surface area contributed by atoms with E-state index in [1.165, 1.54) is 13.1 Å². The summed E-state index contributed by atoms with van der Waals surface area (Å²) < 4.78 is 14.7. The summed E-state index contributed by atoms with van der Waals surface area (Å²) in [4.78, 5) is 29.1. The lowest BCUT2D eigenvalue weighted by molar-refractivity contribution is 0.0907. The first-order valence-corrected chi connectivity index (χ1v) is 9.94. The third-order valence-corrected chi connectivity index (χ3v) is 5.11. The van der Waals surface area contributed by atoms with Crippen LogP contribution in [0.25, 0.3) is 0 Å². The number of pyridine rings is 1. The van der Waals surface area contributed by atoms with Gasteiger partial charge in [0.05, 0.1) is 0 Å². The van der Waals surface area contributed by atoms with Crippen molar-refractivity contribution in [1.82, 2.24) is 20.9 Å². The topological polar surface area (TPSA) is 83.1 Å². The molecule has 1 aliphatic heterocycles. The van der Waals surface area contributed by atoms with Crippen LogP contribution in [0.5, 0.6) is 0 Å². The van der Waals surface area contributed by atoms with E-state index in [0.717, 1.165) is 18.5 Å². The third-order valence-electron chi connectivity index (χ3n) is 5.11. The highest BCUT2D eigenvalue weighted by atomic mass is 19.1. The number of nitrogens with zero attached hydrogens (tertiary/aromatic N) is 1. The van der Waals surface area contributed by atoms with Gasteiger partial charge in [-0.05, 0) is 37.1 Å². The van der Waals surface area contributed by atoms with E-state index in [-0.39, 0.29) is 30.5 Å². The van der Waals surface area contributed by atoms with Crippen LogP contribution in [0.3, 0.4) is 0 Å². The lowest BCUT2D eigenvalue weighted by atomic mass is 9.93. The Morgan fingerprint density at radius 3 is 2.69 bits per heavy atom.